The molecular formula is C21H35N3O2. The second-order valence-electron chi connectivity index (χ2n) is 7.74. The highest BCUT2D eigenvalue weighted by molar-refractivity contribution is 5.76. The molecule has 1 N–H and O–H groups in total. The summed E-state index contributed by atoms with van der Waals surface area (Å²) in [4.78, 5) is 19.4. The lowest BCUT2D eigenvalue weighted by Crippen LogP contribution is -2.41. The van der Waals surface area contributed by atoms with Crippen LogP contribution in [0.2, 0.25) is 0 Å². The molecule has 1 aliphatic heterocycles. The molecule has 146 valence electrons. The molecule has 0 saturated carbocycles. The lowest BCUT2D eigenvalue weighted by atomic mass is 10.1. The van der Waals surface area contributed by atoms with Crippen molar-refractivity contribution in [1.29, 1.82) is 0 Å². The molecule has 26 heavy (non-hydrogen) atoms. The van der Waals surface area contributed by atoms with Crippen molar-refractivity contribution in [1.82, 2.24) is 15.2 Å². The quantitative estimate of drug-likeness (QED) is 0.732. The van der Waals surface area contributed by atoms with E-state index in [-0.39, 0.29) is 18.1 Å². The first-order valence-electron chi connectivity index (χ1n) is 10.1. The van der Waals surface area contributed by atoms with Crippen LogP contribution >= 0.6 is 0 Å². The summed E-state index contributed by atoms with van der Waals surface area (Å²) in [5.41, 5.74) is 0.951. The fourth-order valence-electron chi connectivity index (χ4n) is 3.62. The van der Waals surface area contributed by atoms with Crippen molar-refractivity contribution >= 4 is 5.91 Å². The molecule has 0 bridgehead atoms. The highest BCUT2D eigenvalue weighted by Gasteiger charge is 2.25. The van der Waals surface area contributed by atoms with Crippen molar-refractivity contribution in [2.45, 2.75) is 71.6 Å². The molecule has 1 aromatic rings. The van der Waals surface area contributed by atoms with E-state index in [9.17, 15) is 4.79 Å². The number of nitrogens with one attached hydrogen (secondary N) is 1. The van der Waals surface area contributed by atoms with Crippen LogP contribution in [-0.4, -0.2) is 47.6 Å². The summed E-state index contributed by atoms with van der Waals surface area (Å²) in [7, 11) is 0. The fourth-order valence-corrected chi connectivity index (χ4v) is 3.62. The van der Waals surface area contributed by atoms with Gasteiger partial charge in [-0.3, -0.25) is 9.78 Å². The lowest BCUT2D eigenvalue weighted by Gasteiger charge is -2.31. The monoisotopic (exact) mass is 361 g/mol. The number of ether oxygens (including phenoxy) is 1. The van der Waals surface area contributed by atoms with Gasteiger partial charge in [0.15, 0.2) is 0 Å². The van der Waals surface area contributed by atoms with E-state index in [1.54, 1.807) is 6.20 Å². The Morgan fingerprint density at radius 1 is 1.31 bits per heavy atom. The van der Waals surface area contributed by atoms with Gasteiger partial charge in [0.25, 0.3) is 0 Å². The van der Waals surface area contributed by atoms with Crippen LogP contribution in [0.5, 0.6) is 0 Å². The SMILES string of the molecule is CC(C)CC(C)OCCC(=O)N(Cc1ccccn1)C1CCCNCC1. The zero-order valence-corrected chi connectivity index (χ0v) is 16.6. The Morgan fingerprint density at radius 3 is 2.88 bits per heavy atom. The zero-order chi connectivity index (χ0) is 18.8. The van der Waals surface area contributed by atoms with Gasteiger partial charge in [0.05, 0.1) is 31.4 Å². The molecule has 0 aromatic carbocycles. The maximum Gasteiger partial charge on any atom is 0.225 e. The minimum atomic E-state index is 0.180. The number of pyridine rings is 1. The molecule has 1 saturated heterocycles. The minimum Gasteiger partial charge on any atom is -0.378 e. The van der Waals surface area contributed by atoms with Gasteiger partial charge in [-0.25, -0.2) is 0 Å². The third kappa shape index (κ3) is 7.42. The maximum atomic E-state index is 13.0. The Balaban J connectivity index is 1.94. The van der Waals surface area contributed by atoms with Gasteiger partial charge in [0.2, 0.25) is 5.91 Å². The molecule has 0 aliphatic carbocycles. The van der Waals surface area contributed by atoms with Crippen LogP contribution in [0.1, 0.15) is 58.6 Å². The molecular weight excluding hydrogens is 326 g/mol. The van der Waals surface area contributed by atoms with E-state index in [0.717, 1.165) is 44.5 Å². The fraction of sp³-hybridized carbons (Fsp3) is 0.714. The molecule has 5 nitrogen and oxygen atoms in total. The van der Waals surface area contributed by atoms with Crippen molar-refractivity contribution in [3.8, 4) is 0 Å². The summed E-state index contributed by atoms with van der Waals surface area (Å²) in [5, 5.41) is 3.43. The molecule has 1 fully saturated rings. The Hall–Kier alpha value is -1.46. The van der Waals surface area contributed by atoms with Crippen molar-refractivity contribution in [3.05, 3.63) is 30.1 Å². The van der Waals surface area contributed by atoms with E-state index in [1.165, 1.54) is 0 Å². The van der Waals surface area contributed by atoms with Gasteiger partial charge in [-0.2, -0.15) is 0 Å². The molecule has 5 heteroatoms. The summed E-state index contributed by atoms with van der Waals surface area (Å²) in [6, 6.07) is 6.18. The third-order valence-electron chi connectivity index (χ3n) is 4.89. The van der Waals surface area contributed by atoms with E-state index >= 15 is 0 Å². The number of aromatic nitrogens is 1. The van der Waals surface area contributed by atoms with Crippen LogP contribution in [0.25, 0.3) is 0 Å². The Morgan fingerprint density at radius 2 is 2.15 bits per heavy atom. The van der Waals surface area contributed by atoms with Gasteiger partial charge in [-0.1, -0.05) is 19.9 Å². The number of amides is 1. The smallest absolute Gasteiger partial charge is 0.225 e. The van der Waals surface area contributed by atoms with E-state index in [4.69, 9.17) is 4.74 Å². The van der Waals surface area contributed by atoms with Gasteiger partial charge in [-0.05, 0) is 63.7 Å². The van der Waals surface area contributed by atoms with Crippen LogP contribution in [-0.2, 0) is 16.1 Å². The Labute approximate surface area is 158 Å². The highest BCUT2D eigenvalue weighted by Crippen LogP contribution is 2.18. The average Bonchev–Trinajstić information content (AvgIpc) is 2.89. The summed E-state index contributed by atoms with van der Waals surface area (Å²) < 4.78 is 5.86. The van der Waals surface area contributed by atoms with Gasteiger partial charge in [0.1, 0.15) is 0 Å². The van der Waals surface area contributed by atoms with E-state index in [1.807, 2.05) is 23.1 Å². The van der Waals surface area contributed by atoms with Crippen molar-refractivity contribution in [2.24, 2.45) is 5.92 Å². The number of carbonyl (C=O) groups excluding carboxylic acids is 1. The number of rotatable bonds is 9. The lowest BCUT2D eigenvalue weighted by molar-refractivity contribution is -0.136. The van der Waals surface area contributed by atoms with E-state index < -0.39 is 0 Å². The molecule has 0 radical (unpaired) electrons. The summed E-state index contributed by atoms with van der Waals surface area (Å²) in [6.07, 6.45) is 6.63. The summed E-state index contributed by atoms with van der Waals surface area (Å²) >= 11 is 0. The maximum absolute atomic E-state index is 13.0. The molecule has 2 heterocycles. The van der Waals surface area contributed by atoms with Gasteiger partial charge >= 0.3 is 0 Å². The zero-order valence-electron chi connectivity index (χ0n) is 16.6. The first kappa shape index (κ1) is 20.8. The molecule has 1 aromatic heterocycles. The highest BCUT2D eigenvalue weighted by atomic mass is 16.5. The van der Waals surface area contributed by atoms with Crippen LogP contribution in [0, 0.1) is 5.92 Å². The van der Waals surface area contributed by atoms with Gasteiger partial charge < -0.3 is 15.0 Å². The van der Waals surface area contributed by atoms with E-state index in [2.05, 4.69) is 31.1 Å². The predicted molar refractivity (Wildman–Crippen MR) is 105 cm³/mol. The molecule has 1 aliphatic rings. The predicted octanol–water partition coefficient (Wildman–Crippen LogP) is 3.39. The summed E-state index contributed by atoms with van der Waals surface area (Å²) in [6.45, 7) is 9.57. The van der Waals surface area contributed by atoms with Gasteiger partial charge in [-0.15, -0.1) is 0 Å². The van der Waals surface area contributed by atoms with Crippen molar-refractivity contribution in [3.63, 3.8) is 0 Å². The molecule has 2 atom stereocenters. The normalized spacial score (nSPS) is 19.2. The largest absolute Gasteiger partial charge is 0.378 e. The first-order chi connectivity index (χ1) is 12.6. The van der Waals surface area contributed by atoms with Crippen molar-refractivity contribution in [2.75, 3.05) is 19.7 Å². The minimum absolute atomic E-state index is 0.180. The van der Waals surface area contributed by atoms with Crippen LogP contribution in [0.15, 0.2) is 24.4 Å². The van der Waals surface area contributed by atoms with Gasteiger partial charge in [0, 0.05) is 12.2 Å². The van der Waals surface area contributed by atoms with E-state index in [0.29, 0.717) is 25.5 Å². The number of hydrogen-bond acceptors (Lipinski definition) is 4. The average molecular weight is 362 g/mol. The van der Waals surface area contributed by atoms with Crippen molar-refractivity contribution < 1.29 is 9.53 Å². The Kier molecular flexibility index (Phi) is 9.06. The Bertz CT molecular complexity index is 513. The molecule has 2 rings (SSSR count). The van der Waals surface area contributed by atoms with Crippen LogP contribution in [0.3, 0.4) is 0 Å². The first-order valence-corrected chi connectivity index (χ1v) is 10.1. The number of nitrogens with zero attached hydrogens (tertiary/aromatic N) is 2. The number of carbonyl (C=O) groups is 1. The topological polar surface area (TPSA) is 54.5 Å². The standard InChI is InChI=1S/C21H35N3O2/c1-17(2)15-18(3)26-14-10-21(25)24(16-19-7-4-5-12-23-19)20-8-6-11-22-13-9-20/h4-5,7,12,17-18,20,22H,6,8-11,13-16H2,1-3H3. The van der Waals surface area contributed by atoms with Crippen LogP contribution < -0.4 is 5.32 Å². The van der Waals surface area contributed by atoms with Crippen LogP contribution in [0.4, 0.5) is 0 Å². The molecule has 1 amide bonds. The molecule has 0 spiro atoms. The summed E-state index contributed by atoms with van der Waals surface area (Å²) in [5.74, 6) is 0.791. The second-order valence-corrected chi connectivity index (χ2v) is 7.74. The second kappa shape index (κ2) is 11.3. The number of hydrogen-bond donors (Lipinski definition) is 1. The third-order valence-corrected chi connectivity index (χ3v) is 4.89. The molecule has 2 unspecified atom stereocenters.